The number of carbonyl (C=O) groups is 2. The van der Waals surface area contributed by atoms with Crippen molar-refractivity contribution in [1.82, 2.24) is 10.3 Å². The molecule has 4 fully saturated rings. The first-order valence-corrected chi connectivity index (χ1v) is 27.4. The number of fused-ring (bicyclic) bond motifs is 9. The van der Waals surface area contributed by atoms with E-state index in [1.165, 1.54) is 6.08 Å². The monoisotopic (exact) mass is 1070 g/mol. The SMILES string of the molecule is [3H][B]SO[C@H](/C=C(C)/C=C/[C@H](C)C/C=C/Br)[C@H]1C[C@@H](C)C[C@@](C)(CC(=O)N[C@H](/C=C(\C)[C@@H]2O[C@@H]3C/C=C/c4nc(co4)[C@H]4C[C@H](O[3H])C[C@@H](C[C@H]5CC(=C)C[C@H](C/C=C\C(=O)O[C@H]([C@H]2C)[C@H]3CC)O5)O4)CO)O1. The summed E-state index contributed by atoms with van der Waals surface area (Å²) >= 11 is 4.29. The number of aromatic nitrogens is 1. The number of ether oxygens (including phenoxy) is 5. The Hall–Kier alpha value is -3.06. The zero-order valence-corrected chi connectivity index (χ0v) is 45.2. The number of carbonyl (C=O) groups excluding carboxylic acids is 2. The van der Waals surface area contributed by atoms with Crippen LogP contribution in [0, 0.1) is 23.7 Å². The molecular formula is C55H79BBrN2O11S. The number of aliphatic hydroxyl groups is 2. The van der Waals surface area contributed by atoms with Crippen molar-refractivity contribution in [3.8, 4) is 0 Å². The van der Waals surface area contributed by atoms with E-state index >= 15 is 0 Å². The number of amides is 1. The topological polar surface area (TPSA) is 168 Å². The fraction of sp³-hybridized carbons (Fsp3) is 0.655. The molecule has 0 aromatic carbocycles. The number of allylic oxidation sites excluding steroid dienone is 4. The van der Waals surface area contributed by atoms with Gasteiger partial charge >= 0.3 is 5.97 Å². The van der Waals surface area contributed by atoms with Gasteiger partial charge in [0.2, 0.25) is 20.3 Å². The molecule has 3 N–H and O–H groups in total. The summed E-state index contributed by atoms with van der Waals surface area (Å²) in [6.45, 7) is 18.2. The van der Waals surface area contributed by atoms with E-state index < -0.39 is 42.0 Å². The van der Waals surface area contributed by atoms with Crippen molar-refractivity contribution in [2.75, 3.05) is 6.61 Å². The van der Waals surface area contributed by atoms with Crippen LogP contribution in [0.25, 0.3) is 6.08 Å². The third-order valence-corrected chi connectivity index (χ3v) is 15.2. The van der Waals surface area contributed by atoms with Gasteiger partial charge in [-0.25, -0.2) is 9.78 Å². The molecule has 6 rings (SSSR count). The summed E-state index contributed by atoms with van der Waals surface area (Å²) in [5.74, 6) is -0.203. The molecule has 0 unspecified atom stereocenters. The van der Waals surface area contributed by atoms with Crippen LogP contribution in [0.5, 0.6) is 0 Å². The number of halogens is 1. The highest BCUT2D eigenvalue weighted by Gasteiger charge is 2.46. The van der Waals surface area contributed by atoms with E-state index in [2.05, 4.69) is 66.8 Å². The number of rotatable bonds is 17. The van der Waals surface area contributed by atoms with E-state index in [1.54, 1.807) is 6.26 Å². The molecular weight excluding hydrogens is 987 g/mol. The summed E-state index contributed by atoms with van der Waals surface area (Å²) in [5, 5.41) is 18.9. The van der Waals surface area contributed by atoms with E-state index in [9.17, 15) is 14.7 Å². The molecule has 1 aromatic heterocycles. The van der Waals surface area contributed by atoms with Crippen molar-refractivity contribution in [3.05, 3.63) is 94.7 Å². The van der Waals surface area contributed by atoms with Crippen LogP contribution in [0.1, 0.15) is 143 Å². The van der Waals surface area contributed by atoms with E-state index in [-0.39, 0.29) is 73.3 Å². The summed E-state index contributed by atoms with van der Waals surface area (Å²) < 4.78 is 60.6. The highest BCUT2D eigenvalue weighted by molar-refractivity contribution is 9.11. The van der Waals surface area contributed by atoms with Crippen LogP contribution in [-0.2, 0) is 37.5 Å². The lowest BCUT2D eigenvalue weighted by Crippen LogP contribution is -2.52. The highest BCUT2D eigenvalue weighted by Crippen LogP contribution is 2.41. The molecule has 4 saturated heterocycles. The molecule has 6 heterocycles. The van der Waals surface area contributed by atoms with E-state index in [1.807, 2.05) is 63.1 Å². The number of esters is 1. The summed E-state index contributed by atoms with van der Waals surface area (Å²) in [7, 11) is 1.15. The Balaban J connectivity index is 1.18. The maximum Gasteiger partial charge on any atom is 0.330 e. The predicted molar refractivity (Wildman–Crippen MR) is 283 cm³/mol. The largest absolute Gasteiger partial charge is 0.458 e. The second-order valence-electron chi connectivity index (χ2n) is 21.0. The normalized spacial score (nSPS) is 36.1. The van der Waals surface area contributed by atoms with Gasteiger partial charge in [0.1, 0.15) is 30.3 Å². The van der Waals surface area contributed by atoms with E-state index in [4.69, 9.17) is 45.1 Å². The molecule has 8 bridgehead atoms. The van der Waals surface area contributed by atoms with E-state index in [0.29, 0.717) is 75.3 Å². The maximum atomic E-state index is 14.0. The smallest absolute Gasteiger partial charge is 0.330 e. The van der Waals surface area contributed by atoms with Crippen LogP contribution in [0.3, 0.4) is 0 Å². The van der Waals surface area contributed by atoms with Crippen molar-refractivity contribution in [1.29, 1.82) is 2.77 Å². The molecule has 13 nitrogen and oxygen atoms in total. The zero-order chi connectivity index (χ0) is 52.7. The Morgan fingerprint density at radius 3 is 2.69 bits per heavy atom. The third-order valence-electron chi connectivity index (χ3n) is 14.5. The molecule has 391 valence electrons. The minimum Gasteiger partial charge on any atom is -0.458 e. The fourth-order valence-electron chi connectivity index (χ4n) is 11.3. The van der Waals surface area contributed by atoms with Crippen LogP contribution >= 0.6 is 27.8 Å². The van der Waals surface area contributed by atoms with E-state index in [0.717, 1.165) is 48.5 Å². The van der Waals surface area contributed by atoms with Gasteiger partial charge in [-0.05, 0) is 114 Å². The van der Waals surface area contributed by atoms with Crippen LogP contribution < -0.4 is 5.32 Å². The second-order valence-corrected chi connectivity index (χ2v) is 21.9. The van der Waals surface area contributed by atoms with Crippen LogP contribution in [-0.4, -0.2) is 110 Å². The average Bonchev–Trinajstić information content (AvgIpc) is 3.82. The van der Waals surface area contributed by atoms with Gasteiger partial charge in [-0.3, -0.25) is 4.79 Å². The first-order valence-electron chi connectivity index (χ1n) is 26.6. The number of hydrogen-bond acceptors (Lipinski definition) is 13. The summed E-state index contributed by atoms with van der Waals surface area (Å²) in [4.78, 5) is 34.3. The molecule has 0 spiro atoms. The lowest BCUT2D eigenvalue weighted by molar-refractivity contribution is -0.183. The molecule has 1 radical (unpaired) electrons. The fourth-order valence-corrected chi connectivity index (χ4v) is 11.8. The number of hydrogen-bond donors (Lipinski definition) is 3. The Morgan fingerprint density at radius 1 is 1.13 bits per heavy atom. The molecule has 5 aliphatic heterocycles. The van der Waals surface area contributed by atoms with Crippen LogP contribution in [0.4, 0.5) is 0 Å². The first kappa shape index (κ1) is 54.2. The molecule has 1 amide bonds. The van der Waals surface area contributed by atoms with Gasteiger partial charge in [0.15, 0.2) is 0 Å². The van der Waals surface area contributed by atoms with Gasteiger partial charge in [-0.2, -0.15) is 0 Å². The van der Waals surface area contributed by atoms with Crippen molar-refractivity contribution < 1.29 is 52.1 Å². The van der Waals surface area contributed by atoms with Crippen molar-refractivity contribution >= 4 is 52.9 Å². The lowest BCUT2D eigenvalue weighted by Gasteiger charge is -2.46. The van der Waals surface area contributed by atoms with Crippen LogP contribution in [0.15, 0.2) is 87.6 Å². The number of nitrogens with one attached hydrogen (secondary N) is 1. The minimum absolute atomic E-state index is 0.0554. The number of nitrogens with zero attached hydrogens (tertiary/aromatic N) is 1. The van der Waals surface area contributed by atoms with Gasteiger partial charge in [0.25, 0.3) is 0 Å². The molecule has 16 atom stereocenters. The molecule has 71 heavy (non-hydrogen) atoms. The third kappa shape index (κ3) is 17.0. The Bertz CT molecular complexity index is 2160. The van der Waals surface area contributed by atoms with Gasteiger partial charge in [0.05, 0.1) is 67.4 Å². The van der Waals surface area contributed by atoms with Gasteiger partial charge < -0.3 is 47.8 Å². The second kappa shape index (κ2) is 27.5. The molecule has 0 saturated carbocycles. The predicted octanol–water partition coefficient (Wildman–Crippen LogP) is 10.1. The van der Waals surface area contributed by atoms with Crippen LogP contribution in [0.2, 0.25) is 0 Å². The Labute approximate surface area is 439 Å². The standard InChI is InChI=1S/C55H79BBrN2O11S/c1-9-44-46-15-11-16-51-59-45(32-64-51)47-27-40(61)26-43(66-47)28-42-22-35(4)21-41(65-42)14-10-17-52(63)68-54(44)38(7)53(67-46)37(6)25-39(31-60)58-50(62)30-55(8)29-36(5)24-48(69-55)49(70-71-56)23-34(3)19-18-33(2)13-12-20-57/h10-12,16-20,23,25,32-33,36,38-44,46-49,53-54,56,60-61H,4,9,13-15,21-22,24,26-31H2,1-3,5-8H3,(H,58,62)/b16-11+,17-10-,19-18+,20-12+,34-23+,37-25+/t33-,36-,38+,39-,40-,41+,42-,43+,44+,46-,47-,48-,49-,53+,54-,55+/m1/s1/i56T,61T. The quantitative estimate of drug-likeness (QED) is 0.0444. The number of oxazole rings is 1. The molecule has 0 aliphatic carbocycles. The maximum absolute atomic E-state index is 14.0. The first-order chi connectivity index (χ1) is 35.0. The van der Waals surface area contributed by atoms with Gasteiger partial charge in [-0.15, -0.1) is 0 Å². The average molecular weight is 1070 g/mol. The molecule has 5 aliphatic rings. The molecule has 1 aromatic rings. The highest BCUT2D eigenvalue weighted by atomic mass is 79.9. The van der Waals surface area contributed by atoms with Gasteiger partial charge in [0, 0.05) is 30.8 Å². The Morgan fingerprint density at radius 2 is 1.93 bits per heavy atom. The molecule has 16 heteroatoms. The van der Waals surface area contributed by atoms with Gasteiger partial charge in [-0.1, -0.05) is 110 Å². The zero-order valence-electron chi connectivity index (χ0n) is 44.8. The lowest BCUT2D eigenvalue weighted by atomic mass is 9.77. The van der Waals surface area contributed by atoms with Crippen molar-refractivity contribution in [2.45, 2.75) is 198 Å². The summed E-state index contributed by atoms with van der Waals surface area (Å²) in [5.41, 5.74) is 2.67. The van der Waals surface area contributed by atoms with Crippen molar-refractivity contribution in [3.63, 3.8) is 0 Å². The number of aliphatic hydroxyl groups excluding tert-OH is 2. The minimum atomic E-state index is -0.826. The summed E-state index contributed by atoms with van der Waals surface area (Å²) in [6, 6.07) is -0.737. The Kier molecular flexibility index (Phi) is 21.0. The van der Waals surface area contributed by atoms with Crippen molar-refractivity contribution in [2.24, 2.45) is 23.7 Å². The summed E-state index contributed by atoms with van der Waals surface area (Å²) in [6.07, 6.45) is 22.3.